The zero-order valence-corrected chi connectivity index (χ0v) is 19.8. The Bertz CT molecular complexity index is 1330. The quantitative estimate of drug-likeness (QED) is 0.231. The lowest BCUT2D eigenvalue weighted by Crippen LogP contribution is -2.28. The number of nitro groups is 1. The number of para-hydroxylation sites is 1. The van der Waals surface area contributed by atoms with E-state index in [2.05, 4.69) is 4.99 Å². The van der Waals surface area contributed by atoms with Crippen molar-refractivity contribution < 1.29 is 19.2 Å². The summed E-state index contributed by atoms with van der Waals surface area (Å²) in [6, 6.07) is 20.7. The lowest BCUT2D eigenvalue weighted by Gasteiger charge is -2.16. The lowest BCUT2D eigenvalue weighted by atomic mass is 10.1. The number of ether oxygens (including phenoxy) is 2. The van der Waals surface area contributed by atoms with E-state index in [9.17, 15) is 14.9 Å². The molecule has 3 aromatic carbocycles. The predicted octanol–water partition coefficient (Wildman–Crippen LogP) is 5.98. The van der Waals surface area contributed by atoms with E-state index in [1.807, 2.05) is 0 Å². The van der Waals surface area contributed by atoms with Crippen LogP contribution < -0.4 is 14.4 Å². The highest BCUT2D eigenvalue weighted by Crippen LogP contribution is 2.37. The summed E-state index contributed by atoms with van der Waals surface area (Å²) < 4.78 is 10.4. The van der Waals surface area contributed by atoms with Crippen LogP contribution in [0.4, 0.5) is 17.1 Å². The van der Waals surface area contributed by atoms with Crippen LogP contribution in [-0.4, -0.2) is 30.2 Å². The average molecular weight is 488 g/mol. The summed E-state index contributed by atoms with van der Waals surface area (Å²) in [5.41, 5.74) is 1.75. The second kappa shape index (κ2) is 10.7. The lowest BCUT2D eigenvalue weighted by molar-refractivity contribution is -0.385. The molecule has 0 bridgehead atoms. The Morgan fingerprint density at radius 3 is 2.20 bits per heavy atom. The van der Waals surface area contributed by atoms with Gasteiger partial charge in [0.2, 0.25) is 0 Å². The van der Waals surface area contributed by atoms with Crippen molar-refractivity contribution in [1.29, 1.82) is 0 Å². The number of carbonyl (C=O) groups is 1. The molecule has 1 amide bonds. The maximum absolute atomic E-state index is 13.3. The highest BCUT2D eigenvalue weighted by molar-refractivity contribution is 8.19. The van der Waals surface area contributed by atoms with Crippen molar-refractivity contribution in [2.45, 2.75) is 0 Å². The third kappa shape index (κ3) is 5.42. The van der Waals surface area contributed by atoms with Crippen LogP contribution in [0.3, 0.4) is 0 Å². The fraction of sp³-hybridized carbons (Fsp3) is 0.0769. The van der Waals surface area contributed by atoms with Crippen molar-refractivity contribution in [1.82, 2.24) is 0 Å². The Balaban J connectivity index is 1.68. The van der Waals surface area contributed by atoms with E-state index in [0.717, 1.165) is 0 Å². The number of hydrogen-bond donors (Lipinski definition) is 0. The Hall–Kier alpha value is -4.37. The highest BCUT2D eigenvalue weighted by Gasteiger charge is 2.34. The summed E-state index contributed by atoms with van der Waals surface area (Å²) in [5, 5.41) is 11.7. The van der Waals surface area contributed by atoms with Crippen molar-refractivity contribution >= 4 is 46.0 Å². The normalized spacial score (nSPS) is 15.8. The van der Waals surface area contributed by atoms with Gasteiger partial charge in [0.25, 0.3) is 11.6 Å². The minimum Gasteiger partial charge on any atom is -0.497 e. The van der Waals surface area contributed by atoms with Gasteiger partial charge < -0.3 is 9.47 Å². The third-order valence-electron chi connectivity index (χ3n) is 5.09. The van der Waals surface area contributed by atoms with Gasteiger partial charge in [-0.15, -0.1) is 0 Å². The zero-order chi connectivity index (χ0) is 24.8. The number of carbonyl (C=O) groups excluding carboxylic acids is 1. The Morgan fingerprint density at radius 1 is 0.943 bits per heavy atom. The van der Waals surface area contributed by atoms with E-state index < -0.39 is 4.92 Å². The number of aliphatic imine (C=N–C) groups is 1. The SMILES string of the molecule is COc1ccc(N=C2S/C(=C\C=C\c3ccccc3[N+](=O)[O-])C(=O)N2c2ccc(OC)cc2)cc1. The van der Waals surface area contributed by atoms with Gasteiger partial charge in [-0.3, -0.25) is 19.8 Å². The Labute approximate surface area is 206 Å². The van der Waals surface area contributed by atoms with Gasteiger partial charge in [0, 0.05) is 6.07 Å². The minimum absolute atomic E-state index is 0.00540. The van der Waals surface area contributed by atoms with E-state index in [4.69, 9.17) is 9.47 Å². The van der Waals surface area contributed by atoms with Crippen LogP contribution in [0.2, 0.25) is 0 Å². The first kappa shape index (κ1) is 23.8. The van der Waals surface area contributed by atoms with Crippen LogP contribution in [0, 0.1) is 10.1 Å². The van der Waals surface area contributed by atoms with Gasteiger partial charge in [0.15, 0.2) is 5.17 Å². The zero-order valence-electron chi connectivity index (χ0n) is 19.0. The molecule has 0 aromatic heterocycles. The molecular weight excluding hydrogens is 466 g/mol. The first-order valence-electron chi connectivity index (χ1n) is 10.5. The van der Waals surface area contributed by atoms with Crippen LogP contribution in [0.15, 0.2) is 94.8 Å². The maximum atomic E-state index is 13.3. The molecule has 0 N–H and O–H groups in total. The van der Waals surface area contributed by atoms with E-state index in [1.165, 1.54) is 22.7 Å². The summed E-state index contributed by atoms with van der Waals surface area (Å²) in [7, 11) is 3.17. The number of thioether (sulfide) groups is 1. The van der Waals surface area contributed by atoms with Crippen LogP contribution in [0.5, 0.6) is 11.5 Å². The number of hydrogen-bond acceptors (Lipinski definition) is 7. The number of amidine groups is 1. The van der Waals surface area contributed by atoms with Gasteiger partial charge in [-0.2, -0.15) is 0 Å². The number of benzene rings is 3. The first-order chi connectivity index (χ1) is 17.0. The first-order valence-corrected chi connectivity index (χ1v) is 11.3. The molecule has 0 saturated carbocycles. The molecule has 0 unspecified atom stereocenters. The minimum atomic E-state index is -0.437. The molecule has 1 aliphatic rings. The average Bonchev–Trinajstić information content (AvgIpc) is 3.19. The Morgan fingerprint density at radius 2 is 1.57 bits per heavy atom. The molecule has 0 radical (unpaired) electrons. The summed E-state index contributed by atoms with van der Waals surface area (Å²) in [6.45, 7) is 0. The van der Waals surface area contributed by atoms with Crippen LogP contribution >= 0.6 is 11.8 Å². The van der Waals surface area contributed by atoms with Crippen molar-refractivity contribution in [3.05, 3.63) is 106 Å². The smallest absolute Gasteiger partial charge is 0.276 e. The fourth-order valence-corrected chi connectivity index (χ4v) is 4.28. The molecule has 1 heterocycles. The molecule has 1 aliphatic heterocycles. The van der Waals surface area contributed by atoms with Crippen molar-refractivity contribution in [3.8, 4) is 11.5 Å². The summed E-state index contributed by atoms with van der Waals surface area (Å²) in [6.07, 6.45) is 4.87. The molecule has 1 fully saturated rings. The van der Waals surface area contributed by atoms with Gasteiger partial charge in [0.1, 0.15) is 11.5 Å². The second-order valence-corrected chi connectivity index (χ2v) is 8.25. The van der Waals surface area contributed by atoms with Crippen LogP contribution in [0.25, 0.3) is 6.08 Å². The molecule has 9 heteroatoms. The largest absolute Gasteiger partial charge is 0.497 e. The molecule has 0 aliphatic carbocycles. The molecule has 8 nitrogen and oxygen atoms in total. The van der Waals surface area contributed by atoms with Gasteiger partial charge in [-0.1, -0.05) is 18.2 Å². The third-order valence-corrected chi connectivity index (χ3v) is 6.08. The van der Waals surface area contributed by atoms with Crippen molar-refractivity contribution in [2.24, 2.45) is 4.99 Å². The monoisotopic (exact) mass is 487 g/mol. The van der Waals surface area contributed by atoms with Crippen molar-refractivity contribution in [2.75, 3.05) is 19.1 Å². The second-order valence-electron chi connectivity index (χ2n) is 7.24. The number of nitro benzene ring substituents is 1. The summed E-state index contributed by atoms with van der Waals surface area (Å²) >= 11 is 1.22. The van der Waals surface area contributed by atoms with Gasteiger partial charge in [-0.25, -0.2) is 4.99 Å². The van der Waals surface area contributed by atoms with E-state index in [0.29, 0.717) is 38.5 Å². The summed E-state index contributed by atoms with van der Waals surface area (Å²) in [5.74, 6) is 1.13. The summed E-state index contributed by atoms with van der Waals surface area (Å²) in [4.78, 5) is 30.8. The number of methoxy groups -OCH3 is 2. The number of nitrogens with zero attached hydrogens (tertiary/aromatic N) is 3. The van der Waals surface area contributed by atoms with E-state index >= 15 is 0 Å². The molecule has 3 aromatic rings. The van der Waals surface area contributed by atoms with Gasteiger partial charge >= 0.3 is 0 Å². The number of anilines is 1. The molecule has 0 spiro atoms. The van der Waals surface area contributed by atoms with E-state index in [1.54, 1.807) is 99.2 Å². The fourth-order valence-electron chi connectivity index (χ4n) is 3.32. The predicted molar refractivity (Wildman–Crippen MR) is 138 cm³/mol. The van der Waals surface area contributed by atoms with Crippen LogP contribution in [-0.2, 0) is 4.79 Å². The van der Waals surface area contributed by atoms with Crippen LogP contribution in [0.1, 0.15) is 5.56 Å². The highest BCUT2D eigenvalue weighted by atomic mass is 32.2. The molecule has 176 valence electrons. The van der Waals surface area contributed by atoms with Gasteiger partial charge in [-0.05, 0) is 78.5 Å². The topological polar surface area (TPSA) is 94.3 Å². The number of rotatable bonds is 7. The molecular formula is C26H21N3O5S. The maximum Gasteiger partial charge on any atom is 0.276 e. The molecule has 4 rings (SSSR count). The standard InChI is InChI=1S/C26H21N3O5S/c1-33-21-14-10-19(11-15-21)27-26-28(20-12-16-22(34-2)17-13-20)25(30)24(35-26)9-5-7-18-6-3-4-8-23(18)29(31)32/h3-17H,1-2H3/b7-5+,24-9-,27-26?. The molecule has 0 atom stereocenters. The molecule has 35 heavy (non-hydrogen) atoms. The van der Waals surface area contributed by atoms with E-state index in [-0.39, 0.29) is 11.6 Å². The Kier molecular flexibility index (Phi) is 7.27. The number of amides is 1. The molecule has 1 saturated heterocycles. The number of allylic oxidation sites excluding steroid dienone is 2. The van der Waals surface area contributed by atoms with Gasteiger partial charge in [0.05, 0.1) is 41.0 Å². The van der Waals surface area contributed by atoms with Crippen molar-refractivity contribution in [3.63, 3.8) is 0 Å².